The van der Waals surface area contributed by atoms with Crippen molar-refractivity contribution in [3.63, 3.8) is 0 Å². The van der Waals surface area contributed by atoms with Crippen LogP contribution in [0.2, 0.25) is 0 Å². The first-order valence-corrected chi connectivity index (χ1v) is 10.7. The molecule has 156 valence electrons. The monoisotopic (exact) mass is 422 g/mol. The second-order valence-electron chi connectivity index (χ2n) is 8.61. The van der Waals surface area contributed by atoms with Crippen LogP contribution in [0, 0.1) is 11.8 Å². The van der Waals surface area contributed by atoms with Gasteiger partial charge in [-0.25, -0.2) is 0 Å². The predicted molar refractivity (Wildman–Crippen MR) is 116 cm³/mol. The molecule has 0 N–H and O–H groups in total. The van der Waals surface area contributed by atoms with Gasteiger partial charge in [-0.1, -0.05) is 48.5 Å². The predicted octanol–water partition coefficient (Wildman–Crippen LogP) is 3.64. The minimum atomic E-state index is -0.425. The van der Waals surface area contributed by atoms with E-state index in [9.17, 15) is 9.59 Å². The minimum absolute atomic E-state index is 0.125. The van der Waals surface area contributed by atoms with E-state index in [1.807, 2.05) is 30.3 Å². The molecule has 2 atom stereocenters. The largest absolute Gasteiger partial charge is 0.454 e. The summed E-state index contributed by atoms with van der Waals surface area (Å²) in [6.45, 7) is 0.187. The van der Waals surface area contributed by atoms with E-state index in [0.717, 1.165) is 32.8 Å². The minimum Gasteiger partial charge on any atom is -0.454 e. The van der Waals surface area contributed by atoms with Crippen molar-refractivity contribution in [3.8, 4) is 11.5 Å². The molecule has 1 saturated heterocycles. The Hall–Kier alpha value is -3.93. The highest BCUT2D eigenvalue weighted by Crippen LogP contribution is 2.60. The number of hydrogen-bond acceptors (Lipinski definition) is 5. The average molecular weight is 422 g/mol. The lowest BCUT2D eigenvalue weighted by molar-refractivity contribution is -0.139. The second-order valence-corrected chi connectivity index (χ2v) is 8.61. The molecule has 3 aromatic rings. The summed E-state index contributed by atoms with van der Waals surface area (Å²) in [5.74, 6) is -0.247. The molecular weight excluding hydrogens is 404 g/mol. The molecule has 0 aromatic heterocycles. The summed E-state index contributed by atoms with van der Waals surface area (Å²) in [4.78, 5) is 27.0. The van der Waals surface area contributed by atoms with Crippen molar-refractivity contribution in [1.82, 2.24) is 5.01 Å². The first kappa shape index (κ1) is 17.7. The number of hydrogen-bond donors (Lipinski definition) is 0. The number of benzene rings is 3. The van der Waals surface area contributed by atoms with Crippen molar-refractivity contribution in [3.05, 3.63) is 94.5 Å². The summed E-state index contributed by atoms with van der Waals surface area (Å²) in [6, 6.07) is 21.8. The standard InChI is InChI=1S/C26H18N2O4/c29-25-23-21-15-5-1-2-6-16(15)22(18-8-4-3-7-17(18)21)24(23)26(30)28(25)27-12-14-9-10-19-20(11-14)32-13-31-19/h1-12,21-24H,13H2. The van der Waals surface area contributed by atoms with E-state index in [1.54, 1.807) is 12.1 Å². The van der Waals surface area contributed by atoms with E-state index in [2.05, 4.69) is 29.4 Å². The van der Waals surface area contributed by atoms with Crippen LogP contribution in [0.1, 0.15) is 39.7 Å². The SMILES string of the molecule is O=C1C2C3c4ccccc4C(c4ccccc43)C2C(=O)N1N=Cc1ccc2c(c1)OCO2. The maximum absolute atomic E-state index is 13.5. The molecule has 2 amide bonds. The molecule has 1 fully saturated rings. The number of ether oxygens (including phenoxy) is 2. The van der Waals surface area contributed by atoms with E-state index in [-0.39, 0.29) is 30.4 Å². The molecule has 6 nitrogen and oxygen atoms in total. The molecule has 2 aliphatic heterocycles. The van der Waals surface area contributed by atoms with Crippen molar-refractivity contribution >= 4 is 18.0 Å². The van der Waals surface area contributed by atoms with Gasteiger partial charge in [-0.2, -0.15) is 10.1 Å². The zero-order valence-corrected chi connectivity index (χ0v) is 17.0. The summed E-state index contributed by atoms with van der Waals surface area (Å²) in [5, 5.41) is 5.42. The number of imide groups is 1. The van der Waals surface area contributed by atoms with Gasteiger partial charge in [0.05, 0.1) is 18.1 Å². The molecular formula is C26H18N2O4. The van der Waals surface area contributed by atoms with Crippen LogP contribution in [-0.2, 0) is 9.59 Å². The first-order chi connectivity index (χ1) is 15.7. The Labute approximate surface area is 184 Å². The molecule has 0 spiro atoms. The molecule has 6 heteroatoms. The van der Waals surface area contributed by atoms with Gasteiger partial charge in [0, 0.05) is 11.8 Å². The van der Waals surface area contributed by atoms with Crippen LogP contribution >= 0.6 is 0 Å². The van der Waals surface area contributed by atoms with Crippen molar-refractivity contribution in [2.45, 2.75) is 11.8 Å². The van der Waals surface area contributed by atoms with Gasteiger partial charge in [-0.3, -0.25) is 9.59 Å². The molecule has 2 heterocycles. The Morgan fingerprint density at radius 3 is 1.84 bits per heavy atom. The number of nitrogens with zero attached hydrogens (tertiary/aromatic N) is 2. The van der Waals surface area contributed by atoms with Gasteiger partial charge in [0.1, 0.15) is 0 Å². The van der Waals surface area contributed by atoms with Crippen molar-refractivity contribution in [2.75, 3.05) is 6.79 Å². The zero-order valence-electron chi connectivity index (χ0n) is 17.0. The van der Waals surface area contributed by atoms with Crippen LogP contribution in [0.5, 0.6) is 11.5 Å². The van der Waals surface area contributed by atoms with E-state index in [0.29, 0.717) is 11.5 Å². The topological polar surface area (TPSA) is 68.2 Å². The number of rotatable bonds is 2. The average Bonchev–Trinajstić information content (AvgIpc) is 3.40. The Bertz CT molecular complexity index is 1230. The lowest BCUT2D eigenvalue weighted by atomic mass is 9.55. The van der Waals surface area contributed by atoms with Gasteiger partial charge in [0.15, 0.2) is 11.5 Å². The normalized spacial score (nSPS) is 26.4. The smallest absolute Gasteiger partial charge is 0.254 e. The highest BCUT2D eigenvalue weighted by Gasteiger charge is 2.61. The molecule has 8 rings (SSSR count). The Morgan fingerprint density at radius 1 is 0.750 bits per heavy atom. The van der Waals surface area contributed by atoms with E-state index in [1.165, 1.54) is 6.21 Å². The summed E-state index contributed by atoms with van der Waals surface area (Å²) < 4.78 is 10.7. The zero-order chi connectivity index (χ0) is 21.4. The van der Waals surface area contributed by atoms with Gasteiger partial charge in [-0.05, 0) is 46.0 Å². The molecule has 2 unspecified atom stereocenters. The van der Waals surface area contributed by atoms with E-state index < -0.39 is 11.8 Å². The van der Waals surface area contributed by atoms with Gasteiger partial charge in [-0.15, -0.1) is 0 Å². The molecule has 0 saturated carbocycles. The summed E-state index contributed by atoms with van der Waals surface area (Å²) in [6.07, 6.45) is 1.54. The molecule has 3 aromatic carbocycles. The second kappa shape index (κ2) is 6.29. The fourth-order valence-electron chi connectivity index (χ4n) is 5.89. The number of carbonyl (C=O) groups excluding carboxylic acids is 2. The first-order valence-electron chi connectivity index (χ1n) is 10.7. The van der Waals surface area contributed by atoms with Gasteiger partial charge < -0.3 is 9.47 Å². The van der Waals surface area contributed by atoms with Crippen LogP contribution in [0.25, 0.3) is 0 Å². The summed E-state index contributed by atoms with van der Waals surface area (Å²) in [7, 11) is 0. The maximum Gasteiger partial charge on any atom is 0.254 e. The Balaban J connectivity index is 1.30. The highest BCUT2D eigenvalue weighted by atomic mass is 16.7. The quantitative estimate of drug-likeness (QED) is 0.467. The van der Waals surface area contributed by atoms with Crippen LogP contribution in [0.4, 0.5) is 0 Å². The maximum atomic E-state index is 13.5. The number of amides is 2. The van der Waals surface area contributed by atoms with Gasteiger partial charge in [0.25, 0.3) is 11.8 Å². The number of carbonyl (C=O) groups is 2. The molecule has 32 heavy (non-hydrogen) atoms. The Morgan fingerprint density at radius 2 is 1.28 bits per heavy atom. The lowest BCUT2D eigenvalue weighted by Crippen LogP contribution is -2.41. The van der Waals surface area contributed by atoms with Crippen LogP contribution in [0.15, 0.2) is 71.8 Å². The third kappa shape index (κ3) is 2.21. The third-order valence-corrected chi connectivity index (χ3v) is 7.14. The van der Waals surface area contributed by atoms with Gasteiger partial charge >= 0.3 is 0 Å². The third-order valence-electron chi connectivity index (χ3n) is 7.14. The number of fused-ring (bicyclic) bond motifs is 1. The molecule has 0 radical (unpaired) electrons. The number of hydrazone groups is 1. The van der Waals surface area contributed by atoms with E-state index in [4.69, 9.17) is 9.47 Å². The summed E-state index contributed by atoms with van der Waals surface area (Å²) >= 11 is 0. The lowest BCUT2D eigenvalue weighted by Gasteiger charge is -2.45. The van der Waals surface area contributed by atoms with Gasteiger partial charge in [0.2, 0.25) is 6.79 Å². The van der Waals surface area contributed by atoms with Crippen LogP contribution in [-0.4, -0.2) is 29.8 Å². The van der Waals surface area contributed by atoms with Crippen molar-refractivity contribution in [2.24, 2.45) is 16.9 Å². The van der Waals surface area contributed by atoms with Crippen LogP contribution < -0.4 is 9.47 Å². The highest BCUT2D eigenvalue weighted by molar-refractivity contribution is 6.08. The fourth-order valence-corrected chi connectivity index (χ4v) is 5.89. The van der Waals surface area contributed by atoms with Crippen molar-refractivity contribution < 1.29 is 19.1 Å². The molecule has 2 bridgehead atoms. The molecule has 5 aliphatic rings. The molecule has 3 aliphatic carbocycles. The fraction of sp³-hybridized carbons (Fsp3) is 0.192. The van der Waals surface area contributed by atoms with Crippen LogP contribution in [0.3, 0.4) is 0 Å². The van der Waals surface area contributed by atoms with Crippen molar-refractivity contribution in [1.29, 1.82) is 0 Å². The Kier molecular flexibility index (Phi) is 3.48. The summed E-state index contributed by atoms with van der Waals surface area (Å²) in [5.41, 5.74) is 5.35. The van der Waals surface area contributed by atoms with E-state index >= 15 is 0 Å².